The van der Waals surface area contributed by atoms with E-state index in [0.717, 1.165) is 6.42 Å². The predicted octanol–water partition coefficient (Wildman–Crippen LogP) is 1.07. The first-order valence-electron chi connectivity index (χ1n) is 5.33. The van der Waals surface area contributed by atoms with E-state index in [1.807, 2.05) is 0 Å². The number of hydrogen-bond acceptors (Lipinski definition) is 3. The van der Waals surface area contributed by atoms with Gasteiger partial charge in [0.1, 0.15) is 4.75 Å². The summed E-state index contributed by atoms with van der Waals surface area (Å²) >= 11 is 0. The Kier molecular flexibility index (Phi) is 5.98. The first kappa shape index (κ1) is 16.9. The molecular weight excluding hydrogens is 239 g/mol. The molecule has 1 aliphatic carbocycles. The van der Waals surface area contributed by atoms with E-state index < -0.39 is 21.0 Å². The van der Waals surface area contributed by atoms with E-state index in [4.69, 9.17) is 4.55 Å². The van der Waals surface area contributed by atoms with Crippen molar-refractivity contribution in [2.24, 2.45) is 11.8 Å². The number of aliphatic hydroxyl groups is 1. The van der Waals surface area contributed by atoms with E-state index >= 15 is 0 Å². The third-order valence-corrected chi connectivity index (χ3v) is 5.43. The molecule has 0 spiro atoms. The zero-order valence-corrected chi connectivity index (χ0v) is 13.3. The van der Waals surface area contributed by atoms with Gasteiger partial charge in [0.15, 0.2) is 0 Å². The van der Waals surface area contributed by atoms with E-state index in [1.54, 1.807) is 0 Å². The Hall–Kier alpha value is 0.870. The van der Waals surface area contributed by atoms with Crippen LogP contribution in [0.25, 0.3) is 0 Å². The molecule has 1 aliphatic rings. The minimum absolute atomic E-state index is 0. The van der Waals surface area contributed by atoms with E-state index in [2.05, 4.69) is 13.8 Å². The Morgan fingerprint density at radius 2 is 1.88 bits per heavy atom. The normalized spacial score (nSPS) is 35.9. The van der Waals surface area contributed by atoms with Crippen molar-refractivity contribution < 1.29 is 18.1 Å². The molecule has 1 unspecified atom stereocenters. The molecule has 6 heteroatoms. The van der Waals surface area contributed by atoms with Crippen LogP contribution in [0.5, 0.6) is 0 Å². The summed E-state index contributed by atoms with van der Waals surface area (Å²) in [5, 5.41) is 9.84. The summed E-state index contributed by atoms with van der Waals surface area (Å²) in [6.07, 6.45) is 0.558. The molecule has 4 nitrogen and oxygen atoms in total. The molecule has 1 rings (SSSR count). The molecule has 16 heavy (non-hydrogen) atoms. The van der Waals surface area contributed by atoms with Crippen LogP contribution >= 0.6 is 0 Å². The molecule has 1 fully saturated rings. The van der Waals surface area contributed by atoms with Gasteiger partial charge in [0.25, 0.3) is 10.1 Å². The molecule has 0 heterocycles. The summed E-state index contributed by atoms with van der Waals surface area (Å²) in [7, 11) is -4.17. The zero-order valence-electron chi connectivity index (χ0n) is 10.5. The molecule has 1 radical (unpaired) electrons. The summed E-state index contributed by atoms with van der Waals surface area (Å²) in [6.45, 7) is 5.55. The molecule has 0 aromatic heterocycles. The molecule has 1 saturated carbocycles. The van der Waals surface area contributed by atoms with Gasteiger partial charge in [-0.1, -0.05) is 13.8 Å². The second-order valence-electron chi connectivity index (χ2n) is 5.08. The topological polar surface area (TPSA) is 74.6 Å². The molecule has 0 amide bonds. The van der Waals surface area contributed by atoms with E-state index in [1.165, 1.54) is 6.92 Å². The van der Waals surface area contributed by atoms with Crippen LogP contribution in [0.1, 0.15) is 40.0 Å². The maximum Gasteiger partial charge on any atom is 0.272 e. The van der Waals surface area contributed by atoms with Crippen LogP contribution in [-0.4, -0.2) is 58.5 Å². The van der Waals surface area contributed by atoms with Crippen LogP contribution < -0.4 is 0 Å². The third kappa shape index (κ3) is 3.21. The average Bonchev–Trinajstić information content (AvgIpc) is 2.07. The molecular formula is C10H20NaO4S. The molecule has 2 N–H and O–H groups in total. The van der Waals surface area contributed by atoms with Gasteiger partial charge in [-0.25, -0.2) is 0 Å². The number of hydrogen-bond donors (Lipinski definition) is 2. The first-order valence-corrected chi connectivity index (χ1v) is 6.77. The quantitative estimate of drug-likeness (QED) is 0.574. The third-order valence-electron chi connectivity index (χ3n) is 3.77. The van der Waals surface area contributed by atoms with Gasteiger partial charge in [0.05, 0.1) is 6.10 Å². The molecule has 0 aromatic carbocycles. The van der Waals surface area contributed by atoms with Crippen molar-refractivity contribution in [2.45, 2.75) is 50.9 Å². The fraction of sp³-hybridized carbons (Fsp3) is 1.00. The van der Waals surface area contributed by atoms with E-state index in [-0.39, 0.29) is 29.6 Å². The smallest absolute Gasteiger partial charge is 0.272 e. The van der Waals surface area contributed by atoms with Crippen LogP contribution in [0.3, 0.4) is 0 Å². The second-order valence-corrected chi connectivity index (χ2v) is 6.96. The van der Waals surface area contributed by atoms with Gasteiger partial charge in [0, 0.05) is 29.6 Å². The Morgan fingerprint density at radius 3 is 2.19 bits per heavy atom. The maximum absolute atomic E-state index is 11.2. The zero-order chi connectivity index (χ0) is 11.9. The predicted molar refractivity (Wildman–Crippen MR) is 63.9 cm³/mol. The Bertz CT molecular complexity index is 328. The summed E-state index contributed by atoms with van der Waals surface area (Å²) in [6, 6.07) is 0. The molecule has 3 atom stereocenters. The van der Waals surface area contributed by atoms with Crippen molar-refractivity contribution in [2.75, 3.05) is 0 Å². The standard InChI is InChI=1S/C10H20O4S.Na/c1-7(2)8-4-5-10(3,9(11)6-8)15(12,13)14;/h7-9,11H,4-6H2,1-3H3,(H,12,13,14);/t8-,9+,10?;/m1./s1. The fourth-order valence-electron chi connectivity index (χ4n) is 2.20. The van der Waals surface area contributed by atoms with Crippen LogP contribution in [0.2, 0.25) is 0 Å². The summed E-state index contributed by atoms with van der Waals surface area (Å²) in [5.41, 5.74) is 0. The van der Waals surface area contributed by atoms with Crippen molar-refractivity contribution in [1.82, 2.24) is 0 Å². The first-order chi connectivity index (χ1) is 6.68. The largest absolute Gasteiger partial charge is 0.391 e. The van der Waals surface area contributed by atoms with Crippen LogP contribution in [0.15, 0.2) is 0 Å². The minimum atomic E-state index is -4.17. The molecule has 91 valence electrons. The maximum atomic E-state index is 11.2. The molecule has 0 aromatic rings. The monoisotopic (exact) mass is 259 g/mol. The molecule has 0 bridgehead atoms. The number of aliphatic hydroxyl groups excluding tert-OH is 1. The van der Waals surface area contributed by atoms with Gasteiger partial charge < -0.3 is 5.11 Å². The van der Waals surface area contributed by atoms with Gasteiger partial charge in [-0.2, -0.15) is 8.42 Å². The van der Waals surface area contributed by atoms with Crippen LogP contribution in [0, 0.1) is 11.8 Å². The molecule has 0 saturated heterocycles. The van der Waals surface area contributed by atoms with Crippen molar-refractivity contribution in [3.63, 3.8) is 0 Å². The summed E-state index contributed by atoms with van der Waals surface area (Å²) in [5.74, 6) is 0.778. The summed E-state index contributed by atoms with van der Waals surface area (Å²) in [4.78, 5) is 0. The van der Waals surface area contributed by atoms with Crippen molar-refractivity contribution in [3.05, 3.63) is 0 Å². The fourth-order valence-corrected chi connectivity index (χ4v) is 3.01. The Balaban J connectivity index is 0.00000225. The van der Waals surface area contributed by atoms with Gasteiger partial charge in [0.2, 0.25) is 0 Å². The van der Waals surface area contributed by atoms with Crippen molar-refractivity contribution in [3.8, 4) is 0 Å². The Morgan fingerprint density at radius 1 is 1.38 bits per heavy atom. The van der Waals surface area contributed by atoms with E-state index in [9.17, 15) is 13.5 Å². The molecule has 0 aliphatic heterocycles. The number of rotatable bonds is 2. The van der Waals surface area contributed by atoms with Crippen LogP contribution in [0.4, 0.5) is 0 Å². The SMILES string of the molecule is CC(C)[C@@H]1CCC(C)(S(=O)(=O)O)[C@@H](O)C1.[Na]. The van der Waals surface area contributed by atoms with Crippen LogP contribution in [-0.2, 0) is 10.1 Å². The van der Waals surface area contributed by atoms with E-state index in [0.29, 0.717) is 24.7 Å². The summed E-state index contributed by atoms with van der Waals surface area (Å²) < 4.78 is 30.1. The van der Waals surface area contributed by atoms with Gasteiger partial charge in [-0.15, -0.1) is 0 Å². The average molecular weight is 259 g/mol. The second kappa shape index (κ2) is 5.67. The van der Waals surface area contributed by atoms with Crippen molar-refractivity contribution >= 4 is 39.7 Å². The van der Waals surface area contributed by atoms with Crippen molar-refractivity contribution in [1.29, 1.82) is 0 Å². The Labute approximate surface area is 120 Å². The van der Waals surface area contributed by atoms with Gasteiger partial charge >= 0.3 is 0 Å². The minimum Gasteiger partial charge on any atom is -0.391 e. The van der Waals surface area contributed by atoms with Gasteiger partial charge in [-0.3, -0.25) is 4.55 Å². The van der Waals surface area contributed by atoms with Gasteiger partial charge in [-0.05, 0) is 38.0 Å².